The van der Waals surface area contributed by atoms with Gasteiger partial charge in [0.1, 0.15) is 5.69 Å². The van der Waals surface area contributed by atoms with E-state index >= 15 is 0 Å². The van der Waals surface area contributed by atoms with Crippen LogP contribution in [0.4, 0.5) is 13.2 Å². The molecule has 19 heavy (non-hydrogen) atoms. The smallest absolute Gasteiger partial charge is 0.349 e. The molecule has 1 amide bonds. The van der Waals surface area contributed by atoms with E-state index in [1.807, 2.05) is 0 Å². The van der Waals surface area contributed by atoms with Crippen molar-refractivity contribution in [2.45, 2.75) is 25.1 Å². The molecule has 0 atom stereocenters. The van der Waals surface area contributed by atoms with Crippen molar-refractivity contribution < 1.29 is 18.0 Å². The van der Waals surface area contributed by atoms with E-state index in [0.29, 0.717) is 0 Å². The Morgan fingerprint density at radius 3 is 2.53 bits per heavy atom. The van der Waals surface area contributed by atoms with E-state index < -0.39 is 11.9 Å². The first-order valence-corrected chi connectivity index (χ1v) is 6.01. The summed E-state index contributed by atoms with van der Waals surface area (Å²) in [5.41, 5.74) is -0.850. The first kappa shape index (κ1) is 13.8. The van der Waals surface area contributed by atoms with Crippen molar-refractivity contribution in [3.8, 4) is 0 Å². The number of alkyl halides is 3. The quantitative estimate of drug-likeness (QED) is 0.860. The van der Waals surface area contributed by atoms with Crippen LogP contribution in [-0.4, -0.2) is 30.0 Å². The van der Waals surface area contributed by atoms with Gasteiger partial charge in [0.25, 0.3) is 5.91 Å². The Bertz CT molecular complexity index is 439. The molecule has 0 spiro atoms. The number of nitrogens with zero attached hydrogens (tertiary/aromatic N) is 1. The van der Waals surface area contributed by atoms with Gasteiger partial charge in [-0.25, -0.2) is 0 Å². The van der Waals surface area contributed by atoms with Crippen LogP contribution in [0.5, 0.6) is 0 Å². The fourth-order valence-corrected chi connectivity index (χ4v) is 1.93. The summed E-state index contributed by atoms with van der Waals surface area (Å²) in [4.78, 5) is 15.1. The predicted molar refractivity (Wildman–Crippen MR) is 62.6 cm³/mol. The van der Waals surface area contributed by atoms with E-state index in [9.17, 15) is 18.0 Å². The standard InChI is InChI=1S/C12H14F3N3O/c13-12(14,15)10-2-1-8(7-17-10)11(19)18-9-3-5-16-6-4-9/h1-2,7,9,16H,3-6H2,(H,18,19). The lowest BCUT2D eigenvalue weighted by molar-refractivity contribution is -0.141. The van der Waals surface area contributed by atoms with Crippen LogP contribution in [-0.2, 0) is 6.18 Å². The van der Waals surface area contributed by atoms with Gasteiger partial charge in [0, 0.05) is 12.2 Å². The summed E-state index contributed by atoms with van der Waals surface area (Å²) in [6.45, 7) is 1.66. The van der Waals surface area contributed by atoms with Crippen LogP contribution in [0.25, 0.3) is 0 Å². The minimum atomic E-state index is -4.48. The third-order valence-electron chi connectivity index (χ3n) is 2.99. The van der Waals surface area contributed by atoms with Crippen molar-refractivity contribution in [2.24, 2.45) is 0 Å². The number of hydrogen-bond donors (Lipinski definition) is 2. The second-order valence-electron chi connectivity index (χ2n) is 4.43. The van der Waals surface area contributed by atoms with Gasteiger partial charge in [0.2, 0.25) is 0 Å². The Balaban J connectivity index is 1.99. The number of piperidine rings is 1. The van der Waals surface area contributed by atoms with Gasteiger partial charge in [-0.05, 0) is 38.1 Å². The molecule has 0 aliphatic carbocycles. The Labute approximate surface area is 108 Å². The molecule has 1 aliphatic heterocycles. The minimum absolute atomic E-state index is 0.0658. The fourth-order valence-electron chi connectivity index (χ4n) is 1.93. The van der Waals surface area contributed by atoms with Crippen LogP contribution in [0.1, 0.15) is 28.9 Å². The summed E-state index contributed by atoms with van der Waals surface area (Å²) in [5.74, 6) is -0.381. The molecule has 104 valence electrons. The number of amides is 1. The number of carbonyl (C=O) groups is 1. The van der Waals surface area contributed by atoms with Crippen LogP contribution in [0.15, 0.2) is 18.3 Å². The van der Waals surface area contributed by atoms with E-state index in [1.54, 1.807) is 0 Å². The second-order valence-corrected chi connectivity index (χ2v) is 4.43. The molecule has 1 aliphatic rings. The molecule has 1 aromatic rings. The Kier molecular flexibility index (Phi) is 4.04. The number of nitrogens with one attached hydrogen (secondary N) is 2. The van der Waals surface area contributed by atoms with Crippen molar-refractivity contribution in [3.05, 3.63) is 29.6 Å². The Hall–Kier alpha value is -1.63. The number of halogens is 3. The summed E-state index contributed by atoms with van der Waals surface area (Å²) in [6.07, 6.45) is -1.89. The molecule has 0 saturated carbocycles. The van der Waals surface area contributed by atoms with E-state index in [2.05, 4.69) is 15.6 Å². The third kappa shape index (κ3) is 3.66. The number of aromatic nitrogens is 1. The highest BCUT2D eigenvalue weighted by atomic mass is 19.4. The van der Waals surface area contributed by atoms with Crippen LogP contribution in [0.3, 0.4) is 0 Å². The van der Waals surface area contributed by atoms with Gasteiger partial charge in [-0.15, -0.1) is 0 Å². The Morgan fingerprint density at radius 1 is 1.32 bits per heavy atom. The maximum atomic E-state index is 12.3. The van der Waals surface area contributed by atoms with E-state index in [1.165, 1.54) is 0 Å². The molecule has 2 rings (SSSR count). The first-order valence-electron chi connectivity index (χ1n) is 6.01. The minimum Gasteiger partial charge on any atom is -0.349 e. The second kappa shape index (κ2) is 5.56. The maximum Gasteiger partial charge on any atom is 0.433 e. The molecule has 7 heteroatoms. The molecule has 1 saturated heterocycles. The zero-order valence-corrected chi connectivity index (χ0v) is 10.1. The van der Waals surface area contributed by atoms with Gasteiger partial charge in [0.05, 0.1) is 5.56 Å². The highest BCUT2D eigenvalue weighted by Gasteiger charge is 2.32. The molecule has 2 heterocycles. The van der Waals surface area contributed by atoms with Crippen LogP contribution < -0.4 is 10.6 Å². The number of hydrogen-bond acceptors (Lipinski definition) is 3. The average molecular weight is 273 g/mol. The highest BCUT2D eigenvalue weighted by molar-refractivity contribution is 5.94. The summed E-state index contributed by atoms with van der Waals surface area (Å²) in [6, 6.07) is 2.03. The van der Waals surface area contributed by atoms with E-state index in [-0.39, 0.29) is 17.5 Å². The first-order chi connectivity index (χ1) is 8.97. The van der Waals surface area contributed by atoms with Crippen molar-refractivity contribution >= 4 is 5.91 Å². The van der Waals surface area contributed by atoms with Crippen molar-refractivity contribution in [3.63, 3.8) is 0 Å². The molecular weight excluding hydrogens is 259 g/mol. The number of pyridine rings is 1. The third-order valence-corrected chi connectivity index (χ3v) is 2.99. The van der Waals surface area contributed by atoms with Crippen LogP contribution >= 0.6 is 0 Å². The van der Waals surface area contributed by atoms with Gasteiger partial charge < -0.3 is 10.6 Å². The number of carbonyl (C=O) groups excluding carboxylic acids is 1. The van der Waals surface area contributed by atoms with Gasteiger partial charge in [-0.2, -0.15) is 13.2 Å². The monoisotopic (exact) mass is 273 g/mol. The SMILES string of the molecule is O=C(NC1CCNCC1)c1ccc(C(F)(F)F)nc1. The van der Waals surface area contributed by atoms with E-state index in [4.69, 9.17) is 0 Å². The summed E-state index contributed by atoms with van der Waals surface area (Å²) < 4.78 is 37.0. The molecule has 1 fully saturated rings. The van der Waals surface area contributed by atoms with Crippen molar-refractivity contribution in [1.29, 1.82) is 0 Å². The highest BCUT2D eigenvalue weighted by Crippen LogP contribution is 2.27. The molecule has 4 nitrogen and oxygen atoms in total. The van der Waals surface area contributed by atoms with Gasteiger partial charge in [0.15, 0.2) is 0 Å². The molecule has 0 unspecified atom stereocenters. The van der Waals surface area contributed by atoms with Gasteiger partial charge in [-0.1, -0.05) is 0 Å². The van der Waals surface area contributed by atoms with Crippen molar-refractivity contribution in [1.82, 2.24) is 15.6 Å². The van der Waals surface area contributed by atoms with Crippen molar-refractivity contribution in [2.75, 3.05) is 13.1 Å². The van der Waals surface area contributed by atoms with Crippen LogP contribution in [0, 0.1) is 0 Å². The van der Waals surface area contributed by atoms with Gasteiger partial charge in [-0.3, -0.25) is 9.78 Å². The zero-order chi connectivity index (χ0) is 13.9. The lowest BCUT2D eigenvalue weighted by Gasteiger charge is -2.23. The average Bonchev–Trinajstić information content (AvgIpc) is 2.39. The maximum absolute atomic E-state index is 12.3. The lowest BCUT2D eigenvalue weighted by Crippen LogP contribution is -2.42. The lowest BCUT2D eigenvalue weighted by atomic mass is 10.1. The van der Waals surface area contributed by atoms with E-state index in [0.717, 1.165) is 44.3 Å². The normalized spacial score (nSPS) is 17.2. The summed E-state index contributed by atoms with van der Waals surface area (Å²) in [5, 5.41) is 5.96. The summed E-state index contributed by atoms with van der Waals surface area (Å²) >= 11 is 0. The Morgan fingerprint density at radius 2 is 2.00 bits per heavy atom. The topological polar surface area (TPSA) is 54.0 Å². The zero-order valence-electron chi connectivity index (χ0n) is 10.1. The van der Waals surface area contributed by atoms with Crippen LogP contribution in [0.2, 0.25) is 0 Å². The molecule has 1 aromatic heterocycles. The fraction of sp³-hybridized carbons (Fsp3) is 0.500. The largest absolute Gasteiger partial charge is 0.433 e. The summed E-state index contributed by atoms with van der Waals surface area (Å²) in [7, 11) is 0. The predicted octanol–water partition coefficient (Wildman–Crippen LogP) is 1.58. The number of rotatable bonds is 2. The molecular formula is C12H14F3N3O. The van der Waals surface area contributed by atoms with Gasteiger partial charge >= 0.3 is 6.18 Å². The molecule has 2 N–H and O–H groups in total. The molecule has 0 aromatic carbocycles. The molecule has 0 radical (unpaired) electrons. The molecule has 0 bridgehead atoms.